The number of aliphatic hydroxyl groups excluding tert-OH is 1. The summed E-state index contributed by atoms with van der Waals surface area (Å²) in [6, 6.07) is 0.889. The largest absolute Gasteiger partial charge is 0.391 e. The van der Waals surface area contributed by atoms with Gasteiger partial charge in [0.05, 0.1) is 17.2 Å². The Morgan fingerprint density at radius 2 is 1.89 bits per heavy atom. The van der Waals surface area contributed by atoms with Crippen LogP contribution in [0.4, 0.5) is 8.78 Å². The summed E-state index contributed by atoms with van der Waals surface area (Å²) in [5.41, 5.74) is 5.55. The van der Waals surface area contributed by atoms with E-state index in [2.05, 4.69) is 0 Å². The summed E-state index contributed by atoms with van der Waals surface area (Å²) in [5.74, 6) is -1.43. The van der Waals surface area contributed by atoms with Crippen molar-refractivity contribution in [1.29, 1.82) is 0 Å². The average molecular weight is 300 g/mol. The molecule has 0 unspecified atom stereocenters. The van der Waals surface area contributed by atoms with E-state index in [1.54, 1.807) is 0 Å². The molecule has 1 aromatic rings. The lowest BCUT2D eigenvalue weighted by Crippen LogP contribution is -2.27. The number of unbranched alkanes of at least 4 members (excludes halogenated alkanes) is 1. The molecule has 0 bridgehead atoms. The maximum absolute atomic E-state index is 13.5. The molecule has 0 aliphatic heterocycles. The van der Waals surface area contributed by atoms with Gasteiger partial charge in [0.25, 0.3) is 0 Å². The predicted octanol–water partition coefficient (Wildman–Crippen LogP) is 3.59. The molecule has 2 nitrogen and oxygen atoms in total. The first-order valence-electron chi connectivity index (χ1n) is 5.56. The lowest BCUT2D eigenvalue weighted by atomic mass is 9.98. The van der Waals surface area contributed by atoms with Crippen molar-refractivity contribution in [2.45, 2.75) is 38.3 Å². The van der Waals surface area contributed by atoms with Crippen molar-refractivity contribution in [3.8, 4) is 0 Å². The summed E-state index contributed by atoms with van der Waals surface area (Å²) < 4.78 is 26.7. The van der Waals surface area contributed by atoms with Gasteiger partial charge in [-0.15, -0.1) is 12.4 Å². The summed E-state index contributed by atoms with van der Waals surface area (Å²) >= 11 is 5.67. The highest BCUT2D eigenvalue weighted by Crippen LogP contribution is 2.30. The molecule has 104 valence electrons. The van der Waals surface area contributed by atoms with Gasteiger partial charge >= 0.3 is 0 Å². The Kier molecular flexibility index (Phi) is 7.71. The Balaban J connectivity index is 0.00000289. The van der Waals surface area contributed by atoms with E-state index in [4.69, 9.17) is 17.3 Å². The third-order valence-corrected chi connectivity index (χ3v) is 3.06. The predicted molar refractivity (Wildman–Crippen MR) is 71.1 cm³/mol. The van der Waals surface area contributed by atoms with Crippen LogP contribution in [0.2, 0.25) is 5.02 Å². The number of halogens is 4. The Bertz CT molecular complexity index is 391. The van der Waals surface area contributed by atoms with Crippen LogP contribution in [0.15, 0.2) is 12.1 Å². The van der Waals surface area contributed by atoms with Crippen molar-refractivity contribution >= 4 is 24.0 Å². The van der Waals surface area contributed by atoms with E-state index in [0.717, 1.165) is 25.0 Å². The van der Waals surface area contributed by atoms with Gasteiger partial charge in [0.2, 0.25) is 0 Å². The first-order chi connectivity index (χ1) is 7.99. The minimum Gasteiger partial charge on any atom is -0.391 e. The van der Waals surface area contributed by atoms with E-state index in [0.29, 0.717) is 6.42 Å². The Hall–Kier alpha value is -0.420. The minimum atomic E-state index is -1.01. The lowest BCUT2D eigenvalue weighted by Gasteiger charge is -2.20. The Labute approximate surface area is 117 Å². The van der Waals surface area contributed by atoms with Crippen LogP contribution in [0.3, 0.4) is 0 Å². The molecule has 3 N–H and O–H groups in total. The molecule has 0 radical (unpaired) electrons. The van der Waals surface area contributed by atoms with Crippen molar-refractivity contribution in [1.82, 2.24) is 0 Å². The Morgan fingerprint density at radius 1 is 1.33 bits per heavy atom. The smallest absolute Gasteiger partial charge is 0.142 e. The van der Waals surface area contributed by atoms with E-state index in [-0.39, 0.29) is 23.0 Å². The molecule has 1 aromatic carbocycles. The van der Waals surface area contributed by atoms with E-state index in [1.165, 1.54) is 0 Å². The quantitative estimate of drug-likeness (QED) is 0.816. The number of benzene rings is 1. The van der Waals surface area contributed by atoms with Gasteiger partial charge in [-0.1, -0.05) is 31.4 Å². The van der Waals surface area contributed by atoms with Crippen LogP contribution in [-0.2, 0) is 0 Å². The molecular formula is C12H17Cl2F2NO. The molecule has 0 aromatic heterocycles. The standard InChI is InChI=1S/C12H16ClF2NO.ClH/c1-2-3-4-9(17)12(16)10-7(14)5-6-8(15)11(10)13;/h5-6,9,12,17H,2-4,16H2,1H3;1H/t9-,12-;/m1./s1. The molecule has 0 saturated carbocycles. The number of hydrogen-bond donors (Lipinski definition) is 2. The summed E-state index contributed by atoms with van der Waals surface area (Å²) in [4.78, 5) is 0. The number of rotatable bonds is 5. The van der Waals surface area contributed by atoms with Gasteiger partial charge in [-0.05, 0) is 18.6 Å². The molecule has 0 saturated heterocycles. The molecule has 0 heterocycles. The number of nitrogens with two attached hydrogens (primary N) is 1. The van der Waals surface area contributed by atoms with Crippen molar-refractivity contribution in [3.05, 3.63) is 34.4 Å². The maximum Gasteiger partial charge on any atom is 0.142 e. The third-order valence-electron chi connectivity index (χ3n) is 2.68. The second-order valence-electron chi connectivity index (χ2n) is 3.99. The summed E-state index contributed by atoms with van der Waals surface area (Å²) in [6.45, 7) is 1.97. The summed E-state index contributed by atoms with van der Waals surface area (Å²) in [5, 5.41) is 9.42. The van der Waals surface area contributed by atoms with Crippen molar-refractivity contribution < 1.29 is 13.9 Å². The van der Waals surface area contributed by atoms with Crippen molar-refractivity contribution in [2.75, 3.05) is 0 Å². The van der Waals surface area contributed by atoms with E-state index in [1.807, 2.05) is 6.92 Å². The van der Waals surface area contributed by atoms with Crippen molar-refractivity contribution in [2.24, 2.45) is 5.73 Å². The van der Waals surface area contributed by atoms with Crippen LogP contribution < -0.4 is 5.73 Å². The van der Waals surface area contributed by atoms with Gasteiger partial charge in [-0.2, -0.15) is 0 Å². The van der Waals surface area contributed by atoms with Crippen LogP contribution in [-0.4, -0.2) is 11.2 Å². The van der Waals surface area contributed by atoms with E-state index >= 15 is 0 Å². The highest BCUT2D eigenvalue weighted by molar-refractivity contribution is 6.31. The van der Waals surface area contributed by atoms with Crippen LogP contribution in [0.1, 0.15) is 37.8 Å². The molecule has 6 heteroatoms. The van der Waals surface area contributed by atoms with Crippen LogP contribution in [0.5, 0.6) is 0 Å². The maximum atomic E-state index is 13.5. The molecular weight excluding hydrogens is 283 g/mol. The monoisotopic (exact) mass is 299 g/mol. The zero-order valence-electron chi connectivity index (χ0n) is 10.00. The highest BCUT2D eigenvalue weighted by atomic mass is 35.5. The minimum absolute atomic E-state index is 0. The normalized spacial score (nSPS) is 13.9. The highest BCUT2D eigenvalue weighted by Gasteiger charge is 2.24. The third kappa shape index (κ3) is 4.05. The molecule has 0 amide bonds. The van der Waals surface area contributed by atoms with Gasteiger partial charge in [-0.3, -0.25) is 0 Å². The van der Waals surface area contributed by atoms with Crippen LogP contribution in [0.25, 0.3) is 0 Å². The second kappa shape index (κ2) is 7.89. The Morgan fingerprint density at radius 3 is 2.44 bits per heavy atom. The van der Waals surface area contributed by atoms with Crippen LogP contribution in [0, 0.1) is 11.6 Å². The summed E-state index contributed by atoms with van der Waals surface area (Å²) in [6.07, 6.45) is 1.17. The fraction of sp³-hybridized carbons (Fsp3) is 0.500. The number of hydrogen-bond acceptors (Lipinski definition) is 2. The van der Waals surface area contributed by atoms with Crippen molar-refractivity contribution in [3.63, 3.8) is 0 Å². The van der Waals surface area contributed by atoms with Gasteiger partial charge in [0.1, 0.15) is 11.6 Å². The van der Waals surface area contributed by atoms with Gasteiger partial charge in [0, 0.05) is 5.56 Å². The fourth-order valence-electron chi connectivity index (χ4n) is 1.63. The van der Waals surface area contributed by atoms with Crippen LogP contribution >= 0.6 is 24.0 Å². The van der Waals surface area contributed by atoms with E-state index in [9.17, 15) is 13.9 Å². The van der Waals surface area contributed by atoms with E-state index < -0.39 is 23.8 Å². The van der Waals surface area contributed by atoms with Gasteiger partial charge < -0.3 is 10.8 Å². The first kappa shape index (κ1) is 17.6. The first-order valence-corrected chi connectivity index (χ1v) is 5.93. The number of aliphatic hydroxyl groups is 1. The summed E-state index contributed by atoms with van der Waals surface area (Å²) in [7, 11) is 0. The topological polar surface area (TPSA) is 46.2 Å². The average Bonchev–Trinajstić information content (AvgIpc) is 2.31. The molecule has 0 fully saturated rings. The fourth-order valence-corrected chi connectivity index (χ4v) is 1.91. The molecule has 2 atom stereocenters. The molecule has 0 aliphatic carbocycles. The van der Waals surface area contributed by atoms with Gasteiger partial charge in [0.15, 0.2) is 0 Å². The molecule has 1 rings (SSSR count). The second-order valence-corrected chi connectivity index (χ2v) is 4.37. The SMILES string of the molecule is CCCC[C@@H](O)[C@@H](N)c1c(F)ccc(F)c1Cl.Cl. The zero-order chi connectivity index (χ0) is 13.0. The molecule has 0 aliphatic rings. The van der Waals surface area contributed by atoms with Gasteiger partial charge in [-0.25, -0.2) is 8.78 Å². The molecule has 0 spiro atoms. The lowest BCUT2D eigenvalue weighted by molar-refractivity contribution is 0.131. The molecule has 18 heavy (non-hydrogen) atoms. The zero-order valence-corrected chi connectivity index (χ0v) is 11.6.